The van der Waals surface area contributed by atoms with Crippen molar-refractivity contribution in [2.45, 2.75) is 128 Å². The van der Waals surface area contributed by atoms with Crippen LogP contribution in [-0.2, 0) is 26.5 Å². The first-order valence-electron chi connectivity index (χ1n) is 16.2. The van der Waals surface area contributed by atoms with E-state index in [9.17, 15) is 14.7 Å². The Kier molecular flexibility index (Phi) is 18.0. The monoisotopic (exact) mass is 575 g/mol. The average molecular weight is 576 g/mol. The molecule has 0 radical (unpaired) electrons. The number of rotatable bonds is 22. The van der Waals surface area contributed by atoms with Gasteiger partial charge in [0.2, 0.25) is 5.91 Å². The van der Waals surface area contributed by atoms with E-state index in [2.05, 4.69) is 24.1 Å². The van der Waals surface area contributed by atoms with Gasteiger partial charge >= 0.3 is 5.97 Å². The van der Waals surface area contributed by atoms with Gasteiger partial charge in [-0.1, -0.05) is 132 Å². The lowest BCUT2D eigenvalue weighted by Crippen LogP contribution is -2.38. The largest absolute Gasteiger partial charge is 0.479 e. The number of unbranched alkanes of at least 4 members (excludes halogenated alkanes) is 13. The summed E-state index contributed by atoms with van der Waals surface area (Å²) in [5.74, 6) is 5.36. The van der Waals surface area contributed by atoms with Gasteiger partial charge in [-0.3, -0.25) is 4.79 Å². The summed E-state index contributed by atoms with van der Waals surface area (Å²) in [6.07, 6.45) is 18.2. The summed E-state index contributed by atoms with van der Waals surface area (Å²) >= 11 is 0. The molecule has 0 heterocycles. The standard InChI is InChI=1S/C37H53NO4/c1-3-4-5-6-7-8-9-10-11-12-15-21-30-37(42-2,36(40)41)34-28-26-33(27-29-34)31-38-35(39)25-20-14-13-17-22-32-23-18-16-19-24-32/h16,18-19,23-24,26-29H,3-15,20-21,25,30-31H2,1-2H3,(H,38,39)(H,40,41). The average Bonchev–Trinajstić information content (AvgIpc) is 3.01. The minimum atomic E-state index is -1.34. The molecule has 1 unspecified atom stereocenters. The number of methoxy groups -OCH3 is 1. The maximum Gasteiger partial charge on any atom is 0.340 e. The first kappa shape index (κ1) is 35.1. The summed E-state index contributed by atoms with van der Waals surface area (Å²) in [5.41, 5.74) is 1.24. The molecular weight excluding hydrogens is 522 g/mol. The van der Waals surface area contributed by atoms with E-state index in [1.165, 1.54) is 64.9 Å². The molecule has 2 aromatic carbocycles. The highest BCUT2D eigenvalue weighted by atomic mass is 16.5. The quantitative estimate of drug-likeness (QED) is 0.109. The maximum absolute atomic E-state index is 12.3. The lowest BCUT2D eigenvalue weighted by Gasteiger charge is -2.28. The molecule has 5 nitrogen and oxygen atoms in total. The topological polar surface area (TPSA) is 75.6 Å². The van der Waals surface area contributed by atoms with Crippen LogP contribution in [0.1, 0.15) is 133 Å². The molecule has 2 N–H and O–H groups in total. The summed E-state index contributed by atoms with van der Waals surface area (Å²) in [5, 5.41) is 13.1. The van der Waals surface area contributed by atoms with Gasteiger partial charge in [-0.15, -0.1) is 0 Å². The Morgan fingerprint density at radius 2 is 1.38 bits per heavy atom. The highest BCUT2D eigenvalue weighted by Crippen LogP contribution is 2.32. The molecule has 2 rings (SSSR count). The van der Waals surface area contributed by atoms with E-state index in [0.29, 0.717) is 24.9 Å². The van der Waals surface area contributed by atoms with Crippen molar-refractivity contribution in [2.24, 2.45) is 0 Å². The SMILES string of the molecule is CCCCCCCCCCCCCCC(OC)(C(=O)O)c1ccc(CNC(=O)CCCCC#Cc2ccccc2)cc1. The summed E-state index contributed by atoms with van der Waals surface area (Å²) in [6.45, 7) is 2.67. The molecule has 0 fully saturated rings. The first-order chi connectivity index (χ1) is 20.5. The van der Waals surface area contributed by atoms with Gasteiger partial charge in [-0.05, 0) is 48.9 Å². The number of hydrogen-bond donors (Lipinski definition) is 2. The predicted molar refractivity (Wildman–Crippen MR) is 172 cm³/mol. The van der Waals surface area contributed by atoms with Crippen LogP contribution in [0.2, 0.25) is 0 Å². The molecule has 1 atom stereocenters. The van der Waals surface area contributed by atoms with Gasteiger partial charge < -0.3 is 15.2 Å². The van der Waals surface area contributed by atoms with Gasteiger partial charge in [0.05, 0.1) is 0 Å². The second-order valence-corrected chi connectivity index (χ2v) is 11.3. The summed E-state index contributed by atoms with van der Waals surface area (Å²) < 4.78 is 5.64. The van der Waals surface area contributed by atoms with Gasteiger partial charge in [-0.25, -0.2) is 4.79 Å². The van der Waals surface area contributed by atoms with Crippen LogP contribution in [0.25, 0.3) is 0 Å². The van der Waals surface area contributed by atoms with E-state index >= 15 is 0 Å². The molecule has 0 saturated carbocycles. The number of amides is 1. The van der Waals surface area contributed by atoms with E-state index < -0.39 is 11.6 Å². The zero-order valence-electron chi connectivity index (χ0n) is 26.1. The number of carbonyl (C=O) groups excluding carboxylic acids is 1. The molecule has 0 spiro atoms. The molecule has 0 bridgehead atoms. The number of carboxylic acids is 1. The number of ether oxygens (including phenoxy) is 1. The van der Waals surface area contributed by atoms with Crippen LogP contribution >= 0.6 is 0 Å². The van der Waals surface area contributed by atoms with Crippen molar-refractivity contribution in [3.05, 3.63) is 71.3 Å². The fourth-order valence-corrected chi connectivity index (χ4v) is 5.26. The second kappa shape index (κ2) is 21.6. The maximum atomic E-state index is 12.3. The van der Waals surface area contributed by atoms with Gasteiger partial charge in [0, 0.05) is 32.1 Å². The lowest BCUT2D eigenvalue weighted by atomic mass is 9.87. The number of nitrogens with one attached hydrogen (secondary N) is 1. The normalized spacial score (nSPS) is 12.2. The third kappa shape index (κ3) is 13.7. The molecule has 0 aliphatic rings. The Morgan fingerprint density at radius 3 is 1.95 bits per heavy atom. The third-order valence-corrected chi connectivity index (χ3v) is 7.95. The van der Waals surface area contributed by atoms with Gasteiger partial charge in [0.25, 0.3) is 0 Å². The van der Waals surface area contributed by atoms with Crippen molar-refractivity contribution in [1.82, 2.24) is 5.32 Å². The van der Waals surface area contributed by atoms with Crippen LogP contribution in [0.3, 0.4) is 0 Å². The Hall–Kier alpha value is -3.10. The molecule has 230 valence electrons. The van der Waals surface area contributed by atoms with Crippen molar-refractivity contribution >= 4 is 11.9 Å². The minimum absolute atomic E-state index is 0.0128. The van der Waals surface area contributed by atoms with Crippen molar-refractivity contribution in [2.75, 3.05) is 7.11 Å². The van der Waals surface area contributed by atoms with E-state index in [0.717, 1.165) is 49.7 Å². The van der Waals surface area contributed by atoms with Gasteiger partial charge in [-0.2, -0.15) is 0 Å². The molecule has 42 heavy (non-hydrogen) atoms. The Labute approximate surface area is 254 Å². The van der Waals surface area contributed by atoms with E-state index in [-0.39, 0.29) is 5.91 Å². The molecule has 1 amide bonds. The van der Waals surface area contributed by atoms with E-state index in [1.54, 1.807) is 0 Å². The zero-order chi connectivity index (χ0) is 30.3. The van der Waals surface area contributed by atoms with Crippen LogP contribution in [0.4, 0.5) is 0 Å². The number of benzene rings is 2. The van der Waals surface area contributed by atoms with Crippen LogP contribution in [-0.4, -0.2) is 24.1 Å². The molecule has 0 aromatic heterocycles. The Morgan fingerprint density at radius 1 is 0.786 bits per heavy atom. The second-order valence-electron chi connectivity index (χ2n) is 11.3. The van der Waals surface area contributed by atoms with Crippen molar-refractivity contribution in [3.63, 3.8) is 0 Å². The number of carbonyl (C=O) groups is 2. The highest BCUT2D eigenvalue weighted by molar-refractivity contribution is 5.79. The molecule has 0 aliphatic heterocycles. The van der Waals surface area contributed by atoms with Crippen LogP contribution < -0.4 is 5.32 Å². The summed E-state index contributed by atoms with van der Waals surface area (Å²) in [6, 6.07) is 17.3. The fraction of sp³-hybridized carbons (Fsp3) is 0.568. The molecule has 2 aromatic rings. The zero-order valence-corrected chi connectivity index (χ0v) is 26.1. The third-order valence-electron chi connectivity index (χ3n) is 7.95. The number of carboxylic acid groups (broad SMARTS) is 1. The van der Waals surface area contributed by atoms with Crippen LogP contribution in [0.5, 0.6) is 0 Å². The number of hydrogen-bond acceptors (Lipinski definition) is 3. The first-order valence-corrected chi connectivity index (χ1v) is 16.2. The summed E-state index contributed by atoms with van der Waals surface area (Å²) in [7, 11) is 1.48. The Balaban J connectivity index is 1.67. The van der Waals surface area contributed by atoms with E-state index in [4.69, 9.17) is 4.74 Å². The van der Waals surface area contributed by atoms with E-state index in [1.807, 2.05) is 54.6 Å². The molecule has 5 heteroatoms. The molecule has 0 aliphatic carbocycles. The van der Waals surface area contributed by atoms with Crippen molar-refractivity contribution < 1.29 is 19.4 Å². The van der Waals surface area contributed by atoms with Crippen LogP contribution in [0, 0.1) is 11.8 Å². The smallest absolute Gasteiger partial charge is 0.340 e. The van der Waals surface area contributed by atoms with Crippen LogP contribution in [0.15, 0.2) is 54.6 Å². The van der Waals surface area contributed by atoms with Crippen molar-refractivity contribution in [3.8, 4) is 11.8 Å². The van der Waals surface area contributed by atoms with Gasteiger partial charge in [0.1, 0.15) is 0 Å². The predicted octanol–water partition coefficient (Wildman–Crippen LogP) is 8.93. The van der Waals surface area contributed by atoms with Crippen molar-refractivity contribution in [1.29, 1.82) is 0 Å². The summed E-state index contributed by atoms with van der Waals surface area (Å²) in [4.78, 5) is 24.6. The molecule has 0 saturated heterocycles. The Bertz CT molecular complexity index is 1070. The fourth-order valence-electron chi connectivity index (χ4n) is 5.26. The van der Waals surface area contributed by atoms with Gasteiger partial charge in [0.15, 0.2) is 5.60 Å². The lowest BCUT2D eigenvalue weighted by molar-refractivity contribution is -0.165. The molecular formula is C37H53NO4. The highest BCUT2D eigenvalue weighted by Gasteiger charge is 2.40. The minimum Gasteiger partial charge on any atom is -0.479 e. The number of aliphatic carboxylic acids is 1.